The molecule has 0 saturated heterocycles. The number of rotatable bonds is 5. The number of aromatic amines is 1. The molecule has 25 heavy (non-hydrogen) atoms. The van der Waals surface area contributed by atoms with Crippen LogP contribution in [0.4, 0.5) is 0 Å². The summed E-state index contributed by atoms with van der Waals surface area (Å²) in [5.74, 6) is 0.940. The summed E-state index contributed by atoms with van der Waals surface area (Å²) in [6.07, 6.45) is 1.67. The maximum Gasteiger partial charge on any atom is 0.251 e. The van der Waals surface area contributed by atoms with Crippen molar-refractivity contribution in [2.45, 2.75) is 39.0 Å². The fraction of sp³-hybridized carbons (Fsp3) is 0.333. The van der Waals surface area contributed by atoms with E-state index in [2.05, 4.69) is 36.1 Å². The smallest absolute Gasteiger partial charge is 0.251 e. The number of benzene rings is 2. The van der Waals surface area contributed by atoms with Gasteiger partial charge in [0.25, 0.3) is 5.91 Å². The second-order valence-electron chi connectivity index (χ2n) is 7.39. The maximum absolute atomic E-state index is 12.2. The van der Waals surface area contributed by atoms with Crippen molar-refractivity contribution in [1.29, 1.82) is 0 Å². The van der Waals surface area contributed by atoms with E-state index in [1.54, 1.807) is 0 Å². The second-order valence-corrected chi connectivity index (χ2v) is 7.39. The first-order chi connectivity index (χ1) is 11.9. The Morgan fingerprint density at radius 2 is 1.80 bits per heavy atom. The van der Waals surface area contributed by atoms with Gasteiger partial charge in [0.1, 0.15) is 5.82 Å². The van der Waals surface area contributed by atoms with Crippen molar-refractivity contribution < 1.29 is 4.79 Å². The topological polar surface area (TPSA) is 57.8 Å². The van der Waals surface area contributed by atoms with Crippen LogP contribution in [0.1, 0.15) is 48.9 Å². The highest BCUT2D eigenvalue weighted by Gasteiger charge is 2.14. The van der Waals surface area contributed by atoms with Crippen molar-refractivity contribution >= 4 is 16.9 Å². The van der Waals surface area contributed by atoms with Crippen molar-refractivity contribution in [2.24, 2.45) is 0 Å². The molecule has 0 aliphatic rings. The predicted molar refractivity (Wildman–Crippen MR) is 102 cm³/mol. The number of hydrogen-bond acceptors (Lipinski definition) is 2. The van der Waals surface area contributed by atoms with Gasteiger partial charge in [0, 0.05) is 18.5 Å². The summed E-state index contributed by atoms with van der Waals surface area (Å²) in [6.45, 7) is 7.14. The van der Waals surface area contributed by atoms with Gasteiger partial charge in [-0.15, -0.1) is 0 Å². The Bertz CT molecular complexity index is 824. The third kappa shape index (κ3) is 4.27. The SMILES string of the molecule is CC(C)(C)c1ccc(C(=O)NCCCc2nc3ccccc3[nH]2)cc1. The Labute approximate surface area is 148 Å². The van der Waals surface area contributed by atoms with Gasteiger partial charge in [-0.3, -0.25) is 4.79 Å². The molecule has 2 N–H and O–H groups in total. The lowest BCUT2D eigenvalue weighted by Crippen LogP contribution is -2.25. The summed E-state index contributed by atoms with van der Waals surface area (Å²) < 4.78 is 0. The Morgan fingerprint density at radius 3 is 2.48 bits per heavy atom. The van der Waals surface area contributed by atoms with Crippen LogP contribution in [0.2, 0.25) is 0 Å². The molecule has 3 rings (SSSR count). The number of para-hydroxylation sites is 2. The van der Waals surface area contributed by atoms with Crippen LogP contribution in [0.25, 0.3) is 11.0 Å². The molecule has 4 heteroatoms. The molecule has 1 aromatic heterocycles. The van der Waals surface area contributed by atoms with Gasteiger partial charge in [0.15, 0.2) is 0 Å². The number of hydrogen-bond donors (Lipinski definition) is 2. The van der Waals surface area contributed by atoms with E-state index in [1.165, 1.54) is 5.56 Å². The number of carbonyl (C=O) groups is 1. The summed E-state index contributed by atoms with van der Waals surface area (Å²) >= 11 is 0. The fourth-order valence-corrected chi connectivity index (χ4v) is 2.81. The van der Waals surface area contributed by atoms with Gasteiger partial charge in [-0.2, -0.15) is 0 Å². The van der Waals surface area contributed by atoms with Gasteiger partial charge in [-0.25, -0.2) is 4.98 Å². The van der Waals surface area contributed by atoms with Crippen LogP contribution in [-0.4, -0.2) is 22.4 Å². The first kappa shape index (κ1) is 17.2. The van der Waals surface area contributed by atoms with Crippen LogP contribution in [0.3, 0.4) is 0 Å². The zero-order valence-corrected chi connectivity index (χ0v) is 15.1. The number of fused-ring (bicyclic) bond motifs is 1. The number of nitrogens with zero attached hydrogens (tertiary/aromatic N) is 1. The number of aromatic nitrogens is 2. The molecule has 0 atom stereocenters. The van der Waals surface area contributed by atoms with Crippen LogP contribution >= 0.6 is 0 Å². The number of carbonyl (C=O) groups excluding carboxylic acids is 1. The average Bonchev–Trinajstić information content (AvgIpc) is 3.00. The van der Waals surface area contributed by atoms with E-state index < -0.39 is 0 Å². The minimum atomic E-state index is -0.0231. The van der Waals surface area contributed by atoms with Crippen LogP contribution in [0.15, 0.2) is 48.5 Å². The number of nitrogens with one attached hydrogen (secondary N) is 2. The summed E-state index contributed by atoms with van der Waals surface area (Å²) in [7, 11) is 0. The van der Waals surface area contributed by atoms with Gasteiger partial charge >= 0.3 is 0 Å². The minimum absolute atomic E-state index is 0.0231. The van der Waals surface area contributed by atoms with Crippen LogP contribution in [-0.2, 0) is 11.8 Å². The number of imidazole rings is 1. The third-order valence-electron chi connectivity index (χ3n) is 4.33. The zero-order chi connectivity index (χ0) is 17.9. The van der Waals surface area contributed by atoms with Gasteiger partial charge in [0.05, 0.1) is 11.0 Å². The second kappa shape index (κ2) is 7.09. The van der Waals surface area contributed by atoms with E-state index in [-0.39, 0.29) is 11.3 Å². The van der Waals surface area contributed by atoms with E-state index >= 15 is 0 Å². The molecular weight excluding hydrogens is 310 g/mol. The standard InChI is InChI=1S/C21H25N3O/c1-21(2,3)16-12-10-15(11-13-16)20(25)22-14-6-9-19-23-17-7-4-5-8-18(17)24-19/h4-5,7-8,10-13H,6,9,14H2,1-3H3,(H,22,25)(H,23,24). The quantitative estimate of drug-likeness (QED) is 0.686. The van der Waals surface area contributed by atoms with E-state index in [0.717, 1.165) is 29.7 Å². The van der Waals surface area contributed by atoms with Crippen LogP contribution < -0.4 is 5.32 Å². The van der Waals surface area contributed by atoms with Gasteiger partial charge < -0.3 is 10.3 Å². The molecule has 1 amide bonds. The number of aryl methyl sites for hydroxylation is 1. The molecule has 0 unspecified atom stereocenters. The molecule has 0 spiro atoms. The Kier molecular flexibility index (Phi) is 4.88. The molecule has 3 aromatic rings. The van der Waals surface area contributed by atoms with E-state index in [4.69, 9.17) is 0 Å². The van der Waals surface area contributed by atoms with E-state index in [1.807, 2.05) is 48.5 Å². The van der Waals surface area contributed by atoms with Crippen molar-refractivity contribution in [3.8, 4) is 0 Å². The van der Waals surface area contributed by atoms with Crippen molar-refractivity contribution in [2.75, 3.05) is 6.54 Å². The van der Waals surface area contributed by atoms with E-state index in [9.17, 15) is 4.79 Å². The molecule has 1 heterocycles. The van der Waals surface area contributed by atoms with Gasteiger partial charge in [0.2, 0.25) is 0 Å². The summed E-state index contributed by atoms with van der Waals surface area (Å²) in [4.78, 5) is 20.1. The highest BCUT2D eigenvalue weighted by molar-refractivity contribution is 5.94. The molecule has 0 saturated carbocycles. The summed E-state index contributed by atoms with van der Waals surface area (Å²) in [5.41, 5.74) is 4.08. The molecule has 0 bridgehead atoms. The Hall–Kier alpha value is -2.62. The zero-order valence-electron chi connectivity index (χ0n) is 15.1. The van der Waals surface area contributed by atoms with Gasteiger partial charge in [-0.05, 0) is 41.7 Å². The first-order valence-electron chi connectivity index (χ1n) is 8.76. The predicted octanol–water partition coefficient (Wildman–Crippen LogP) is 4.22. The molecule has 2 aromatic carbocycles. The monoisotopic (exact) mass is 335 g/mol. The minimum Gasteiger partial charge on any atom is -0.352 e. The molecule has 0 radical (unpaired) electrons. The fourth-order valence-electron chi connectivity index (χ4n) is 2.81. The lowest BCUT2D eigenvalue weighted by atomic mass is 9.87. The van der Waals surface area contributed by atoms with Crippen molar-refractivity contribution in [3.63, 3.8) is 0 Å². The molecule has 0 aliphatic heterocycles. The Balaban J connectivity index is 1.49. The molecule has 0 fully saturated rings. The normalized spacial score (nSPS) is 11.6. The van der Waals surface area contributed by atoms with E-state index in [0.29, 0.717) is 12.1 Å². The highest BCUT2D eigenvalue weighted by Crippen LogP contribution is 2.22. The molecule has 4 nitrogen and oxygen atoms in total. The number of amides is 1. The summed E-state index contributed by atoms with van der Waals surface area (Å²) in [6, 6.07) is 15.9. The molecular formula is C21H25N3O. The molecule has 0 aliphatic carbocycles. The highest BCUT2D eigenvalue weighted by atomic mass is 16.1. The maximum atomic E-state index is 12.2. The first-order valence-corrected chi connectivity index (χ1v) is 8.76. The van der Waals surface area contributed by atoms with Crippen LogP contribution in [0, 0.1) is 0 Å². The van der Waals surface area contributed by atoms with Gasteiger partial charge in [-0.1, -0.05) is 45.0 Å². The lowest BCUT2D eigenvalue weighted by Gasteiger charge is -2.19. The average molecular weight is 335 g/mol. The number of H-pyrrole nitrogens is 1. The summed E-state index contributed by atoms with van der Waals surface area (Å²) in [5, 5.41) is 2.98. The molecule has 130 valence electrons. The third-order valence-corrected chi connectivity index (χ3v) is 4.33. The Morgan fingerprint density at radius 1 is 1.08 bits per heavy atom. The lowest BCUT2D eigenvalue weighted by molar-refractivity contribution is 0.0953. The van der Waals surface area contributed by atoms with Crippen LogP contribution in [0.5, 0.6) is 0 Å². The van der Waals surface area contributed by atoms with Crippen molar-refractivity contribution in [3.05, 3.63) is 65.5 Å². The largest absolute Gasteiger partial charge is 0.352 e. The van der Waals surface area contributed by atoms with Crippen molar-refractivity contribution in [1.82, 2.24) is 15.3 Å².